The van der Waals surface area contributed by atoms with E-state index < -0.39 is 0 Å². The van der Waals surface area contributed by atoms with Crippen molar-refractivity contribution < 1.29 is 4.79 Å². The van der Waals surface area contributed by atoms with Crippen molar-refractivity contribution in [1.82, 2.24) is 9.97 Å². The highest BCUT2D eigenvalue weighted by Crippen LogP contribution is 2.36. The summed E-state index contributed by atoms with van der Waals surface area (Å²) >= 11 is 9.67. The molecule has 0 spiro atoms. The van der Waals surface area contributed by atoms with Crippen LogP contribution in [0.15, 0.2) is 65.8 Å². The van der Waals surface area contributed by atoms with Gasteiger partial charge in [-0.2, -0.15) is 0 Å². The van der Waals surface area contributed by atoms with E-state index in [-0.39, 0.29) is 5.91 Å². The number of pyridine rings is 1. The molecule has 2 aromatic heterocycles. The fourth-order valence-corrected chi connectivity index (χ4v) is 5.51. The van der Waals surface area contributed by atoms with Crippen LogP contribution in [0, 0.1) is 13.8 Å². The van der Waals surface area contributed by atoms with E-state index in [9.17, 15) is 4.79 Å². The summed E-state index contributed by atoms with van der Waals surface area (Å²) in [6.45, 7) is 4.56. The van der Waals surface area contributed by atoms with Gasteiger partial charge in [-0.15, -0.1) is 11.8 Å². The van der Waals surface area contributed by atoms with Gasteiger partial charge in [-0.3, -0.25) is 14.7 Å². The molecule has 0 saturated carbocycles. The molecule has 32 heavy (non-hydrogen) atoms. The number of carbonyl (C=O) groups is 1. The number of thiazole rings is 1. The number of amides is 1. The molecule has 2 aromatic carbocycles. The maximum Gasteiger partial charge on any atom is 0.229 e. The number of nitrogens with zero attached hydrogens (tertiary/aromatic N) is 3. The van der Waals surface area contributed by atoms with Crippen LogP contribution >= 0.6 is 34.7 Å². The van der Waals surface area contributed by atoms with Crippen molar-refractivity contribution in [3.05, 3.63) is 82.6 Å². The van der Waals surface area contributed by atoms with Crippen LogP contribution in [0.5, 0.6) is 0 Å². The molecule has 0 saturated heterocycles. The van der Waals surface area contributed by atoms with E-state index in [2.05, 4.69) is 36.2 Å². The molecule has 0 bridgehead atoms. The Labute approximate surface area is 201 Å². The number of fused-ring (bicyclic) bond motifs is 1. The number of halogens is 1. The highest BCUT2D eigenvalue weighted by molar-refractivity contribution is 7.99. The van der Waals surface area contributed by atoms with Gasteiger partial charge in [-0.05, 0) is 67.5 Å². The van der Waals surface area contributed by atoms with Gasteiger partial charge in [-0.1, -0.05) is 46.7 Å². The number of anilines is 1. The van der Waals surface area contributed by atoms with Gasteiger partial charge >= 0.3 is 0 Å². The van der Waals surface area contributed by atoms with Gasteiger partial charge in [0.2, 0.25) is 5.91 Å². The first-order valence-corrected chi connectivity index (χ1v) is 12.6. The zero-order valence-corrected chi connectivity index (χ0v) is 20.4. The molecule has 0 aliphatic carbocycles. The smallest absolute Gasteiger partial charge is 0.229 e. The molecule has 0 radical (unpaired) electrons. The Morgan fingerprint density at radius 3 is 2.53 bits per heavy atom. The Balaban J connectivity index is 1.50. The first-order valence-electron chi connectivity index (χ1n) is 10.5. The molecule has 0 atom stereocenters. The molecule has 1 amide bonds. The van der Waals surface area contributed by atoms with Crippen molar-refractivity contribution in [2.24, 2.45) is 0 Å². The monoisotopic (exact) mass is 481 g/mol. The number of aryl methyl sites for hydroxylation is 2. The predicted octanol–water partition coefficient (Wildman–Crippen LogP) is 7.07. The van der Waals surface area contributed by atoms with E-state index in [1.54, 1.807) is 29.1 Å². The van der Waals surface area contributed by atoms with Gasteiger partial charge in [0, 0.05) is 23.7 Å². The van der Waals surface area contributed by atoms with Crippen molar-refractivity contribution in [1.29, 1.82) is 0 Å². The second-order valence-corrected chi connectivity index (χ2v) is 10.2. The maximum absolute atomic E-state index is 13.3. The summed E-state index contributed by atoms with van der Waals surface area (Å²) < 4.78 is 0.920. The Hall–Kier alpha value is -2.41. The van der Waals surface area contributed by atoms with Gasteiger partial charge in [0.25, 0.3) is 0 Å². The number of thioether (sulfide) groups is 1. The van der Waals surface area contributed by atoms with Crippen LogP contribution < -0.4 is 4.90 Å². The number of aromatic nitrogens is 2. The van der Waals surface area contributed by atoms with Crippen molar-refractivity contribution in [3.63, 3.8) is 0 Å². The van der Waals surface area contributed by atoms with Crippen LogP contribution in [0.2, 0.25) is 5.02 Å². The molecule has 4 rings (SSSR count). The Morgan fingerprint density at radius 2 is 1.81 bits per heavy atom. The molecule has 2 heterocycles. The lowest BCUT2D eigenvalue weighted by molar-refractivity contribution is -0.118. The number of hydrogen-bond donors (Lipinski definition) is 0. The Morgan fingerprint density at radius 1 is 1.06 bits per heavy atom. The van der Waals surface area contributed by atoms with Crippen LogP contribution in [-0.2, 0) is 11.3 Å². The van der Waals surface area contributed by atoms with Crippen molar-refractivity contribution in [3.8, 4) is 0 Å². The lowest BCUT2D eigenvalue weighted by Crippen LogP contribution is -2.30. The van der Waals surface area contributed by atoms with Gasteiger partial charge in [-0.25, -0.2) is 4.98 Å². The van der Waals surface area contributed by atoms with Crippen molar-refractivity contribution in [2.45, 2.75) is 38.1 Å². The molecule has 0 aliphatic rings. The van der Waals surface area contributed by atoms with Gasteiger partial charge in [0.05, 0.1) is 21.8 Å². The van der Waals surface area contributed by atoms with E-state index in [0.29, 0.717) is 23.1 Å². The minimum absolute atomic E-state index is 0.0687. The molecule has 0 unspecified atom stereocenters. The molecule has 164 valence electrons. The second-order valence-electron chi connectivity index (χ2n) is 7.64. The maximum atomic E-state index is 13.3. The van der Waals surface area contributed by atoms with Crippen LogP contribution in [-0.4, -0.2) is 21.6 Å². The number of rotatable bonds is 8. The Bertz CT molecular complexity index is 1170. The van der Waals surface area contributed by atoms with E-state index in [1.807, 2.05) is 31.2 Å². The molecule has 0 N–H and O–H groups in total. The normalized spacial score (nSPS) is 11.1. The zero-order chi connectivity index (χ0) is 22.5. The third-order valence-electron chi connectivity index (χ3n) is 5.13. The average molecular weight is 482 g/mol. The van der Waals surface area contributed by atoms with E-state index in [1.165, 1.54) is 21.8 Å². The van der Waals surface area contributed by atoms with E-state index in [4.69, 9.17) is 16.6 Å². The summed E-state index contributed by atoms with van der Waals surface area (Å²) in [6.07, 6.45) is 4.76. The van der Waals surface area contributed by atoms with E-state index in [0.717, 1.165) is 33.5 Å². The van der Waals surface area contributed by atoms with Crippen LogP contribution in [0.3, 0.4) is 0 Å². The standard InChI is InChI=1S/C25H24ClN3OS2/c1-17-5-8-20(9-6-17)31-15-3-4-22(30)29(16-19-11-13-27-14-12-19)25-28-23-18(2)7-10-21(26)24(23)32-25/h5-14H,3-4,15-16H2,1-2H3. The SMILES string of the molecule is Cc1ccc(SCCCC(=O)N(Cc2ccncc2)c2nc3c(C)ccc(Cl)c3s2)cc1. The topological polar surface area (TPSA) is 46.1 Å². The number of benzene rings is 2. The molecule has 4 nitrogen and oxygen atoms in total. The Kier molecular flexibility index (Phi) is 7.45. The number of hydrogen-bond acceptors (Lipinski definition) is 5. The highest BCUT2D eigenvalue weighted by Gasteiger charge is 2.21. The van der Waals surface area contributed by atoms with Crippen LogP contribution in [0.1, 0.15) is 29.5 Å². The molecular formula is C25H24ClN3OS2. The fourth-order valence-electron chi connectivity index (χ4n) is 3.32. The van der Waals surface area contributed by atoms with Crippen molar-refractivity contribution >= 4 is 56.0 Å². The molecular weight excluding hydrogens is 458 g/mol. The third-order valence-corrected chi connectivity index (χ3v) is 7.77. The summed E-state index contributed by atoms with van der Waals surface area (Å²) in [7, 11) is 0. The van der Waals surface area contributed by atoms with Crippen LogP contribution in [0.25, 0.3) is 10.2 Å². The first kappa shape index (κ1) is 22.8. The quantitative estimate of drug-likeness (QED) is 0.199. The first-order chi connectivity index (χ1) is 15.5. The van der Waals surface area contributed by atoms with Crippen LogP contribution in [0.4, 0.5) is 5.13 Å². The predicted molar refractivity (Wildman–Crippen MR) is 136 cm³/mol. The summed E-state index contributed by atoms with van der Waals surface area (Å²) in [5, 5.41) is 1.35. The van der Waals surface area contributed by atoms with Gasteiger partial charge < -0.3 is 0 Å². The van der Waals surface area contributed by atoms with Gasteiger partial charge in [0.1, 0.15) is 0 Å². The largest absolute Gasteiger partial charge is 0.284 e. The lowest BCUT2D eigenvalue weighted by Gasteiger charge is -2.20. The van der Waals surface area contributed by atoms with Crippen molar-refractivity contribution in [2.75, 3.05) is 10.7 Å². The lowest BCUT2D eigenvalue weighted by atomic mass is 10.2. The molecule has 4 aromatic rings. The number of carbonyl (C=O) groups excluding carboxylic acids is 1. The second kappa shape index (κ2) is 10.5. The molecule has 0 fully saturated rings. The summed E-state index contributed by atoms with van der Waals surface area (Å²) in [4.78, 5) is 25.2. The summed E-state index contributed by atoms with van der Waals surface area (Å²) in [5.74, 6) is 0.960. The minimum atomic E-state index is 0.0687. The summed E-state index contributed by atoms with van der Waals surface area (Å²) in [6, 6.07) is 16.2. The highest BCUT2D eigenvalue weighted by atomic mass is 35.5. The fraction of sp³-hybridized carbons (Fsp3) is 0.240. The third kappa shape index (κ3) is 5.49. The summed E-state index contributed by atoms with van der Waals surface area (Å²) in [5.41, 5.74) is 4.18. The van der Waals surface area contributed by atoms with E-state index >= 15 is 0 Å². The average Bonchev–Trinajstić information content (AvgIpc) is 3.26. The molecule has 7 heteroatoms. The van der Waals surface area contributed by atoms with Gasteiger partial charge in [0.15, 0.2) is 5.13 Å². The minimum Gasteiger partial charge on any atom is -0.284 e. The molecule has 0 aliphatic heterocycles. The zero-order valence-electron chi connectivity index (χ0n) is 18.0.